The number of benzene rings is 1. The van der Waals surface area contributed by atoms with Gasteiger partial charge in [0.1, 0.15) is 11.9 Å². The van der Waals surface area contributed by atoms with Crippen LogP contribution in [-0.2, 0) is 0 Å². The lowest BCUT2D eigenvalue weighted by atomic mass is 9.79. The first-order valence-corrected chi connectivity index (χ1v) is 7.08. The second-order valence-electron chi connectivity index (χ2n) is 5.32. The van der Waals surface area contributed by atoms with Crippen LogP contribution in [0.4, 0.5) is 0 Å². The molecule has 3 atom stereocenters. The van der Waals surface area contributed by atoms with Gasteiger partial charge in [0.2, 0.25) is 0 Å². The number of halogens is 1. The SMILES string of the molecule is C=Cc1ccc(OC2CCCC(C)C2C)c(Cl)c1. The fourth-order valence-electron chi connectivity index (χ4n) is 2.60. The predicted molar refractivity (Wildman–Crippen MR) is 78.1 cm³/mol. The molecule has 1 aliphatic carbocycles. The lowest BCUT2D eigenvalue weighted by Crippen LogP contribution is -2.33. The molecule has 1 nitrogen and oxygen atoms in total. The molecule has 18 heavy (non-hydrogen) atoms. The molecule has 1 aromatic rings. The third kappa shape index (κ3) is 2.89. The average molecular weight is 265 g/mol. The highest BCUT2D eigenvalue weighted by atomic mass is 35.5. The molecule has 0 saturated heterocycles. The summed E-state index contributed by atoms with van der Waals surface area (Å²) in [5, 5.41) is 0.679. The fraction of sp³-hybridized carbons (Fsp3) is 0.500. The smallest absolute Gasteiger partial charge is 0.138 e. The topological polar surface area (TPSA) is 9.23 Å². The molecule has 0 bridgehead atoms. The van der Waals surface area contributed by atoms with Gasteiger partial charge in [0, 0.05) is 0 Å². The summed E-state index contributed by atoms with van der Waals surface area (Å²) in [5.74, 6) is 2.12. The Bertz CT molecular complexity index is 427. The third-order valence-corrected chi connectivity index (χ3v) is 4.40. The van der Waals surface area contributed by atoms with Crippen molar-refractivity contribution in [2.45, 2.75) is 39.2 Å². The minimum absolute atomic E-state index is 0.292. The van der Waals surface area contributed by atoms with Crippen LogP contribution in [0.5, 0.6) is 5.75 Å². The van der Waals surface area contributed by atoms with Crippen LogP contribution < -0.4 is 4.74 Å². The van der Waals surface area contributed by atoms with Gasteiger partial charge in [-0.2, -0.15) is 0 Å². The molecule has 1 saturated carbocycles. The number of hydrogen-bond donors (Lipinski definition) is 0. The largest absolute Gasteiger partial charge is 0.489 e. The van der Waals surface area contributed by atoms with E-state index in [1.165, 1.54) is 12.8 Å². The Balaban J connectivity index is 2.11. The normalized spacial score (nSPS) is 27.8. The Morgan fingerprint density at radius 3 is 2.78 bits per heavy atom. The molecule has 0 aromatic heterocycles. The molecule has 98 valence electrons. The molecule has 0 radical (unpaired) electrons. The third-order valence-electron chi connectivity index (χ3n) is 4.10. The van der Waals surface area contributed by atoms with E-state index >= 15 is 0 Å². The van der Waals surface area contributed by atoms with E-state index < -0.39 is 0 Å². The first-order chi connectivity index (χ1) is 8.61. The van der Waals surface area contributed by atoms with Crippen molar-refractivity contribution < 1.29 is 4.74 Å². The van der Waals surface area contributed by atoms with Gasteiger partial charge in [0.25, 0.3) is 0 Å². The lowest BCUT2D eigenvalue weighted by molar-refractivity contribution is 0.0693. The first kappa shape index (κ1) is 13.5. The van der Waals surface area contributed by atoms with Gasteiger partial charge in [0.15, 0.2) is 0 Å². The summed E-state index contributed by atoms with van der Waals surface area (Å²) >= 11 is 6.24. The molecule has 2 heteroatoms. The zero-order chi connectivity index (χ0) is 13.1. The van der Waals surface area contributed by atoms with Crippen molar-refractivity contribution >= 4 is 17.7 Å². The summed E-state index contributed by atoms with van der Waals surface area (Å²) in [6, 6.07) is 5.84. The van der Waals surface area contributed by atoms with E-state index in [1.54, 1.807) is 6.08 Å². The van der Waals surface area contributed by atoms with Crippen molar-refractivity contribution in [3.63, 3.8) is 0 Å². The molecule has 1 fully saturated rings. The molecule has 3 unspecified atom stereocenters. The van der Waals surface area contributed by atoms with Gasteiger partial charge in [-0.25, -0.2) is 0 Å². The van der Waals surface area contributed by atoms with Crippen molar-refractivity contribution in [3.8, 4) is 5.75 Å². The fourth-order valence-corrected chi connectivity index (χ4v) is 2.84. The standard InChI is InChI=1S/C16H21ClO/c1-4-13-8-9-16(14(17)10-13)18-15-7-5-6-11(2)12(15)3/h4,8-12,15H,1,5-7H2,2-3H3. The zero-order valence-corrected chi connectivity index (χ0v) is 11.9. The van der Waals surface area contributed by atoms with Gasteiger partial charge in [-0.15, -0.1) is 0 Å². The molecule has 0 N–H and O–H groups in total. The summed E-state index contributed by atoms with van der Waals surface area (Å²) in [4.78, 5) is 0. The molecule has 0 amide bonds. The van der Waals surface area contributed by atoms with E-state index in [0.717, 1.165) is 23.7 Å². The molecule has 0 heterocycles. The van der Waals surface area contributed by atoms with Gasteiger partial charge in [-0.1, -0.05) is 50.6 Å². The molecule has 0 spiro atoms. The Kier molecular flexibility index (Phi) is 4.34. The van der Waals surface area contributed by atoms with Crippen LogP contribution >= 0.6 is 11.6 Å². The average Bonchev–Trinajstić information content (AvgIpc) is 2.37. The second-order valence-corrected chi connectivity index (χ2v) is 5.72. The van der Waals surface area contributed by atoms with Gasteiger partial charge >= 0.3 is 0 Å². The van der Waals surface area contributed by atoms with Crippen LogP contribution in [0.3, 0.4) is 0 Å². The van der Waals surface area contributed by atoms with Crippen molar-refractivity contribution in [2.75, 3.05) is 0 Å². The van der Waals surface area contributed by atoms with Gasteiger partial charge in [-0.3, -0.25) is 0 Å². The molecular formula is C16H21ClO. The lowest BCUT2D eigenvalue weighted by Gasteiger charge is -2.34. The van der Waals surface area contributed by atoms with E-state index in [4.69, 9.17) is 16.3 Å². The Labute approximate surface area is 115 Å². The molecule has 1 aromatic carbocycles. The van der Waals surface area contributed by atoms with Crippen molar-refractivity contribution in [2.24, 2.45) is 11.8 Å². The van der Waals surface area contributed by atoms with Crippen LogP contribution in [0, 0.1) is 11.8 Å². The Hall–Kier alpha value is -0.950. The Morgan fingerprint density at radius 1 is 1.33 bits per heavy atom. The highest BCUT2D eigenvalue weighted by molar-refractivity contribution is 6.32. The van der Waals surface area contributed by atoms with Crippen LogP contribution in [-0.4, -0.2) is 6.10 Å². The highest BCUT2D eigenvalue weighted by Crippen LogP contribution is 2.35. The van der Waals surface area contributed by atoms with Gasteiger partial charge in [-0.05, 0) is 42.4 Å². The van der Waals surface area contributed by atoms with Gasteiger partial charge in [0.05, 0.1) is 5.02 Å². The van der Waals surface area contributed by atoms with Gasteiger partial charge < -0.3 is 4.74 Å². The van der Waals surface area contributed by atoms with Crippen molar-refractivity contribution in [3.05, 3.63) is 35.4 Å². The number of ether oxygens (including phenoxy) is 1. The summed E-state index contributed by atoms with van der Waals surface area (Å²) in [7, 11) is 0. The minimum Gasteiger partial charge on any atom is -0.489 e. The molecular weight excluding hydrogens is 244 g/mol. The minimum atomic E-state index is 0.292. The molecule has 0 aliphatic heterocycles. The first-order valence-electron chi connectivity index (χ1n) is 6.70. The summed E-state index contributed by atoms with van der Waals surface area (Å²) < 4.78 is 6.10. The van der Waals surface area contributed by atoms with E-state index in [9.17, 15) is 0 Å². The van der Waals surface area contributed by atoms with E-state index in [1.807, 2.05) is 18.2 Å². The van der Waals surface area contributed by atoms with E-state index in [2.05, 4.69) is 20.4 Å². The van der Waals surface area contributed by atoms with E-state index in [0.29, 0.717) is 17.0 Å². The summed E-state index contributed by atoms with van der Waals surface area (Å²) in [5.41, 5.74) is 1.03. The number of hydrogen-bond acceptors (Lipinski definition) is 1. The maximum absolute atomic E-state index is 6.24. The van der Waals surface area contributed by atoms with Crippen LogP contribution in [0.15, 0.2) is 24.8 Å². The zero-order valence-electron chi connectivity index (χ0n) is 11.2. The second kappa shape index (κ2) is 5.79. The highest BCUT2D eigenvalue weighted by Gasteiger charge is 2.28. The monoisotopic (exact) mass is 264 g/mol. The van der Waals surface area contributed by atoms with E-state index in [-0.39, 0.29) is 0 Å². The van der Waals surface area contributed by atoms with Crippen LogP contribution in [0.25, 0.3) is 6.08 Å². The molecule has 1 aliphatic rings. The van der Waals surface area contributed by atoms with Crippen LogP contribution in [0.2, 0.25) is 5.02 Å². The number of rotatable bonds is 3. The predicted octanol–water partition coefficient (Wildman–Crippen LogP) is 5.19. The Morgan fingerprint density at radius 2 is 2.11 bits per heavy atom. The summed E-state index contributed by atoms with van der Waals surface area (Å²) in [6.07, 6.45) is 5.77. The quantitative estimate of drug-likeness (QED) is 0.730. The maximum Gasteiger partial charge on any atom is 0.138 e. The molecule has 2 rings (SSSR count). The van der Waals surface area contributed by atoms with Crippen LogP contribution in [0.1, 0.15) is 38.7 Å². The maximum atomic E-state index is 6.24. The van der Waals surface area contributed by atoms with Crippen molar-refractivity contribution in [1.82, 2.24) is 0 Å². The summed E-state index contributed by atoms with van der Waals surface area (Å²) in [6.45, 7) is 8.33. The van der Waals surface area contributed by atoms with Crippen molar-refractivity contribution in [1.29, 1.82) is 0 Å².